The first kappa shape index (κ1) is 19.9. The van der Waals surface area contributed by atoms with Crippen LogP contribution in [-0.4, -0.2) is 24.4 Å². The number of hydrogen-bond donors (Lipinski definition) is 0. The second-order valence-electron chi connectivity index (χ2n) is 7.50. The zero-order valence-corrected chi connectivity index (χ0v) is 19.0. The van der Waals surface area contributed by atoms with Gasteiger partial charge in [0.1, 0.15) is 17.2 Å². The van der Waals surface area contributed by atoms with Gasteiger partial charge in [-0.15, -0.1) is 0 Å². The number of benzene rings is 3. The first-order valence-corrected chi connectivity index (χ1v) is 11.1. The van der Waals surface area contributed by atoms with Crippen LogP contribution in [-0.2, 0) is 0 Å². The fraction of sp³-hybridized carbons (Fsp3) is 0.240. The SMILES string of the molecule is CCOc1ccc2c(c1)C1CC(c3ccccc3)=NN1C(c1cc(Br)ccc1OC)O2. The Balaban J connectivity index is 1.63. The van der Waals surface area contributed by atoms with Crippen LogP contribution in [0.2, 0.25) is 0 Å². The van der Waals surface area contributed by atoms with Crippen LogP contribution in [0.4, 0.5) is 0 Å². The van der Waals surface area contributed by atoms with Gasteiger partial charge < -0.3 is 14.2 Å². The van der Waals surface area contributed by atoms with E-state index in [9.17, 15) is 0 Å². The summed E-state index contributed by atoms with van der Waals surface area (Å²) in [5, 5.41) is 7.09. The summed E-state index contributed by atoms with van der Waals surface area (Å²) in [5.41, 5.74) is 4.19. The predicted molar refractivity (Wildman–Crippen MR) is 124 cm³/mol. The molecule has 2 unspecified atom stereocenters. The number of hydrazone groups is 1. The van der Waals surface area contributed by atoms with Crippen LogP contribution < -0.4 is 14.2 Å². The third-order valence-corrected chi connectivity index (χ3v) is 6.13. The molecule has 5 rings (SSSR count). The number of halogens is 1. The average Bonchev–Trinajstić information content (AvgIpc) is 3.25. The number of rotatable bonds is 5. The van der Waals surface area contributed by atoms with E-state index in [4.69, 9.17) is 19.3 Å². The molecule has 0 aliphatic carbocycles. The first-order valence-electron chi connectivity index (χ1n) is 10.4. The largest absolute Gasteiger partial charge is 0.496 e. The smallest absolute Gasteiger partial charge is 0.217 e. The van der Waals surface area contributed by atoms with E-state index in [1.54, 1.807) is 7.11 Å². The summed E-state index contributed by atoms with van der Waals surface area (Å²) in [6.07, 6.45) is 0.395. The van der Waals surface area contributed by atoms with E-state index < -0.39 is 6.23 Å². The summed E-state index contributed by atoms with van der Waals surface area (Å²) in [7, 11) is 1.68. The molecule has 2 aliphatic heterocycles. The van der Waals surface area contributed by atoms with E-state index in [0.717, 1.165) is 50.5 Å². The molecule has 0 N–H and O–H groups in total. The highest BCUT2D eigenvalue weighted by molar-refractivity contribution is 9.10. The maximum atomic E-state index is 6.51. The number of hydrogen-bond acceptors (Lipinski definition) is 5. The molecule has 0 amide bonds. The summed E-state index contributed by atoms with van der Waals surface area (Å²) in [4.78, 5) is 0. The van der Waals surface area contributed by atoms with Crippen LogP contribution >= 0.6 is 15.9 Å². The predicted octanol–water partition coefficient (Wildman–Crippen LogP) is 6.10. The van der Waals surface area contributed by atoms with Gasteiger partial charge in [0.2, 0.25) is 6.23 Å². The Hall–Kier alpha value is -2.99. The first-order chi connectivity index (χ1) is 15.2. The minimum Gasteiger partial charge on any atom is -0.496 e. The van der Waals surface area contributed by atoms with Crippen molar-refractivity contribution in [3.63, 3.8) is 0 Å². The Kier molecular flexibility index (Phi) is 5.32. The van der Waals surface area contributed by atoms with Crippen molar-refractivity contribution < 1.29 is 14.2 Å². The van der Waals surface area contributed by atoms with Crippen molar-refractivity contribution in [2.75, 3.05) is 13.7 Å². The number of methoxy groups -OCH3 is 1. The Morgan fingerprint density at radius 2 is 1.90 bits per heavy atom. The number of ether oxygens (including phenoxy) is 3. The van der Waals surface area contributed by atoms with E-state index in [2.05, 4.69) is 39.1 Å². The quantitative estimate of drug-likeness (QED) is 0.444. The maximum Gasteiger partial charge on any atom is 0.217 e. The Morgan fingerprint density at radius 3 is 2.68 bits per heavy atom. The second-order valence-corrected chi connectivity index (χ2v) is 8.42. The van der Waals surface area contributed by atoms with Gasteiger partial charge in [-0.3, -0.25) is 0 Å². The molecule has 0 aromatic heterocycles. The van der Waals surface area contributed by atoms with E-state index in [0.29, 0.717) is 6.61 Å². The van der Waals surface area contributed by atoms with Gasteiger partial charge in [-0.05, 0) is 48.9 Å². The molecule has 31 heavy (non-hydrogen) atoms. The van der Waals surface area contributed by atoms with Gasteiger partial charge in [0.25, 0.3) is 0 Å². The van der Waals surface area contributed by atoms with Gasteiger partial charge in [-0.2, -0.15) is 5.10 Å². The molecule has 0 fully saturated rings. The molecule has 0 radical (unpaired) electrons. The Labute approximate surface area is 190 Å². The molecular formula is C25H23BrN2O3. The van der Waals surface area contributed by atoms with Gasteiger partial charge in [0.15, 0.2) is 0 Å². The minimum absolute atomic E-state index is 0.0491. The van der Waals surface area contributed by atoms with Crippen molar-refractivity contribution in [3.8, 4) is 17.2 Å². The summed E-state index contributed by atoms with van der Waals surface area (Å²) >= 11 is 3.59. The summed E-state index contributed by atoms with van der Waals surface area (Å²) in [5.74, 6) is 2.46. The van der Waals surface area contributed by atoms with E-state index >= 15 is 0 Å². The normalized spacial score (nSPS) is 19.2. The molecule has 0 saturated carbocycles. The lowest BCUT2D eigenvalue weighted by atomic mass is 9.95. The van der Waals surface area contributed by atoms with Crippen LogP contribution in [0, 0.1) is 0 Å². The summed E-state index contributed by atoms with van der Waals surface area (Å²) < 4.78 is 18.9. The van der Waals surface area contributed by atoms with Crippen LogP contribution in [0.1, 0.15) is 42.3 Å². The van der Waals surface area contributed by atoms with Crippen molar-refractivity contribution in [1.82, 2.24) is 5.01 Å². The van der Waals surface area contributed by atoms with Crippen molar-refractivity contribution >= 4 is 21.6 Å². The highest BCUT2D eigenvalue weighted by atomic mass is 79.9. The van der Waals surface area contributed by atoms with Crippen LogP contribution in [0.3, 0.4) is 0 Å². The van der Waals surface area contributed by atoms with Crippen molar-refractivity contribution in [1.29, 1.82) is 0 Å². The summed E-state index contributed by atoms with van der Waals surface area (Å²) in [6, 6.07) is 22.3. The molecule has 2 aliphatic rings. The second kappa shape index (κ2) is 8.27. The molecule has 3 aromatic carbocycles. The highest BCUT2D eigenvalue weighted by Gasteiger charge is 2.42. The lowest BCUT2D eigenvalue weighted by Crippen LogP contribution is -2.34. The topological polar surface area (TPSA) is 43.3 Å². The van der Waals surface area contributed by atoms with Gasteiger partial charge in [-0.25, -0.2) is 5.01 Å². The number of fused-ring (bicyclic) bond motifs is 3. The molecular weight excluding hydrogens is 456 g/mol. The molecule has 2 heterocycles. The third-order valence-electron chi connectivity index (χ3n) is 5.64. The maximum absolute atomic E-state index is 6.51. The van der Waals surface area contributed by atoms with Crippen molar-refractivity contribution in [2.45, 2.75) is 25.6 Å². The van der Waals surface area contributed by atoms with Crippen LogP contribution in [0.15, 0.2) is 76.3 Å². The van der Waals surface area contributed by atoms with E-state index in [-0.39, 0.29) is 6.04 Å². The molecule has 0 saturated heterocycles. The fourth-order valence-electron chi connectivity index (χ4n) is 4.23. The van der Waals surface area contributed by atoms with Gasteiger partial charge in [0, 0.05) is 16.5 Å². The Morgan fingerprint density at radius 1 is 1.06 bits per heavy atom. The average molecular weight is 479 g/mol. The molecule has 2 atom stereocenters. The van der Waals surface area contributed by atoms with Crippen molar-refractivity contribution in [2.24, 2.45) is 5.10 Å². The van der Waals surface area contributed by atoms with Gasteiger partial charge in [-0.1, -0.05) is 46.3 Å². The van der Waals surface area contributed by atoms with Gasteiger partial charge >= 0.3 is 0 Å². The van der Waals surface area contributed by atoms with Crippen LogP contribution in [0.5, 0.6) is 17.2 Å². The van der Waals surface area contributed by atoms with Gasteiger partial charge in [0.05, 0.1) is 31.0 Å². The highest BCUT2D eigenvalue weighted by Crippen LogP contribution is 2.50. The van der Waals surface area contributed by atoms with E-state index in [1.165, 1.54) is 0 Å². The van der Waals surface area contributed by atoms with E-state index in [1.807, 2.05) is 55.5 Å². The molecule has 5 nitrogen and oxygen atoms in total. The number of nitrogens with zero attached hydrogens (tertiary/aromatic N) is 2. The minimum atomic E-state index is -0.399. The molecule has 158 valence electrons. The molecule has 6 heteroatoms. The zero-order valence-electron chi connectivity index (χ0n) is 17.4. The fourth-order valence-corrected chi connectivity index (χ4v) is 4.61. The molecule has 0 bridgehead atoms. The lowest BCUT2D eigenvalue weighted by molar-refractivity contribution is -0.0205. The van der Waals surface area contributed by atoms with Crippen LogP contribution in [0.25, 0.3) is 0 Å². The standard InChI is InChI=1S/C25H23BrN2O3/c1-3-30-18-10-12-24-19(14-18)22-15-21(16-7-5-4-6-8-16)27-28(22)25(31-24)20-13-17(26)9-11-23(20)29-2/h4-14,22,25H,3,15H2,1-2H3. The van der Waals surface area contributed by atoms with Crippen molar-refractivity contribution in [3.05, 3.63) is 87.9 Å². The zero-order chi connectivity index (χ0) is 21.4. The third kappa shape index (κ3) is 3.65. The monoisotopic (exact) mass is 478 g/mol. The summed E-state index contributed by atoms with van der Waals surface area (Å²) in [6.45, 7) is 2.61. The molecule has 0 spiro atoms. The lowest BCUT2D eigenvalue weighted by Gasteiger charge is -2.38. The molecule has 3 aromatic rings. The Bertz CT molecular complexity index is 1130.